The topological polar surface area (TPSA) is 53.1 Å². The van der Waals surface area contributed by atoms with Gasteiger partial charge in [0, 0.05) is 45.0 Å². The fourth-order valence-corrected chi connectivity index (χ4v) is 4.69. The van der Waals surface area contributed by atoms with E-state index in [1.54, 1.807) is 19.0 Å². The van der Waals surface area contributed by atoms with Crippen molar-refractivity contribution in [3.05, 3.63) is 65.7 Å². The molecule has 0 N–H and O–H groups in total. The van der Waals surface area contributed by atoms with Gasteiger partial charge in [0.1, 0.15) is 6.10 Å². The fourth-order valence-electron chi connectivity index (χ4n) is 4.69. The first kappa shape index (κ1) is 25.2. The third-order valence-electron chi connectivity index (χ3n) is 6.65. The van der Waals surface area contributed by atoms with Crippen molar-refractivity contribution >= 4 is 29.9 Å². The van der Waals surface area contributed by atoms with Crippen LogP contribution in [0.2, 0.25) is 0 Å². The molecule has 1 unspecified atom stereocenters. The van der Waals surface area contributed by atoms with Crippen LogP contribution in [0.4, 0.5) is 5.69 Å². The standard InChI is InChI=1S/C26H33N3O3.ClH/c1-20-24(30)29(23-7-5-4-6-8-23)19-26(32-20)14-17-28(18-15-26)16-13-21-9-11-22(12-10-21)25(31)27(2)3;/h4-12,20H,13-19H2,1-3H3;1H. The number of nitrogens with zero attached hydrogens (tertiary/aromatic N) is 3. The number of carbonyl (C=O) groups excluding carboxylic acids is 2. The summed E-state index contributed by atoms with van der Waals surface area (Å²) in [7, 11) is 3.54. The Morgan fingerprint density at radius 1 is 1.06 bits per heavy atom. The van der Waals surface area contributed by atoms with E-state index >= 15 is 0 Å². The van der Waals surface area contributed by atoms with Gasteiger partial charge in [0.2, 0.25) is 0 Å². The summed E-state index contributed by atoms with van der Waals surface area (Å²) < 4.78 is 6.29. The average Bonchev–Trinajstić information content (AvgIpc) is 2.81. The van der Waals surface area contributed by atoms with Crippen LogP contribution in [0.5, 0.6) is 0 Å². The lowest BCUT2D eigenvalue weighted by atomic mass is 9.88. The molecule has 33 heavy (non-hydrogen) atoms. The van der Waals surface area contributed by atoms with Crippen molar-refractivity contribution in [2.75, 3.05) is 45.2 Å². The van der Waals surface area contributed by atoms with Gasteiger partial charge < -0.3 is 19.4 Å². The first-order valence-electron chi connectivity index (χ1n) is 11.4. The summed E-state index contributed by atoms with van der Waals surface area (Å²) in [5.74, 6) is 0.0723. The number of piperidine rings is 1. The second kappa shape index (κ2) is 10.7. The number of halogens is 1. The van der Waals surface area contributed by atoms with Gasteiger partial charge in [0.15, 0.2) is 0 Å². The number of morpholine rings is 1. The van der Waals surface area contributed by atoms with E-state index in [1.165, 1.54) is 5.56 Å². The van der Waals surface area contributed by atoms with Crippen molar-refractivity contribution in [2.24, 2.45) is 0 Å². The highest BCUT2D eigenvalue weighted by Crippen LogP contribution is 2.35. The second-order valence-electron chi connectivity index (χ2n) is 9.19. The summed E-state index contributed by atoms with van der Waals surface area (Å²) in [5, 5.41) is 0. The highest BCUT2D eigenvalue weighted by Gasteiger charge is 2.45. The Labute approximate surface area is 202 Å². The van der Waals surface area contributed by atoms with Crippen molar-refractivity contribution in [1.82, 2.24) is 9.80 Å². The molecule has 178 valence electrons. The van der Waals surface area contributed by atoms with Crippen molar-refractivity contribution in [1.29, 1.82) is 0 Å². The number of rotatable bonds is 5. The zero-order valence-electron chi connectivity index (χ0n) is 19.7. The van der Waals surface area contributed by atoms with Gasteiger partial charge in [-0.05, 0) is 56.0 Å². The molecule has 4 rings (SSSR count). The monoisotopic (exact) mass is 471 g/mol. The van der Waals surface area contributed by atoms with E-state index in [2.05, 4.69) is 17.0 Å². The zero-order chi connectivity index (χ0) is 22.7. The minimum atomic E-state index is -0.418. The second-order valence-corrected chi connectivity index (χ2v) is 9.19. The SMILES string of the molecule is CC1OC2(CCN(CCc3ccc(C(=O)N(C)C)cc3)CC2)CN(c2ccccc2)C1=O.Cl. The van der Waals surface area contributed by atoms with Crippen LogP contribution in [0.3, 0.4) is 0 Å². The van der Waals surface area contributed by atoms with Crippen LogP contribution in [-0.4, -0.2) is 73.6 Å². The Kier molecular flexibility index (Phi) is 8.16. The summed E-state index contributed by atoms with van der Waals surface area (Å²) in [4.78, 5) is 30.8. The highest BCUT2D eigenvalue weighted by atomic mass is 35.5. The molecule has 2 aliphatic heterocycles. The molecule has 1 atom stereocenters. The molecule has 1 spiro atoms. The Balaban J connectivity index is 0.00000306. The molecule has 2 heterocycles. The van der Waals surface area contributed by atoms with Crippen LogP contribution in [0, 0.1) is 0 Å². The van der Waals surface area contributed by atoms with E-state index in [-0.39, 0.29) is 29.8 Å². The van der Waals surface area contributed by atoms with Crippen LogP contribution in [0.15, 0.2) is 54.6 Å². The highest BCUT2D eigenvalue weighted by molar-refractivity contribution is 5.97. The number of anilines is 1. The van der Waals surface area contributed by atoms with Gasteiger partial charge in [0.05, 0.1) is 12.1 Å². The van der Waals surface area contributed by atoms with Crippen molar-refractivity contribution < 1.29 is 14.3 Å². The lowest BCUT2D eigenvalue weighted by Gasteiger charge is -2.49. The predicted octanol–water partition coefficient (Wildman–Crippen LogP) is 3.64. The maximum Gasteiger partial charge on any atom is 0.255 e. The lowest BCUT2D eigenvalue weighted by molar-refractivity contribution is -0.161. The maximum absolute atomic E-state index is 12.7. The number of para-hydroxylation sites is 1. The summed E-state index contributed by atoms with van der Waals surface area (Å²) >= 11 is 0. The molecule has 6 nitrogen and oxygen atoms in total. The molecule has 0 aliphatic carbocycles. The molecule has 0 radical (unpaired) electrons. The smallest absolute Gasteiger partial charge is 0.255 e. The third kappa shape index (κ3) is 5.75. The van der Waals surface area contributed by atoms with Gasteiger partial charge in [-0.25, -0.2) is 0 Å². The zero-order valence-corrected chi connectivity index (χ0v) is 20.5. The van der Waals surface area contributed by atoms with Crippen molar-refractivity contribution in [3.8, 4) is 0 Å². The molecule has 0 saturated carbocycles. The molecular weight excluding hydrogens is 438 g/mol. The molecule has 2 amide bonds. The van der Waals surface area contributed by atoms with Crippen LogP contribution >= 0.6 is 12.4 Å². The minimum Gasteiger partial charge on any atom is -0.360 e. The Hall–Kier alpha value is -2.41. The van der Waals surface area contributed by atoms with Gasteiger partial charge in [-0.2, -0.15) is 0 Å². The van der Waals surface area contributed by atoms with Crippen LogP contribution < -0.4 is 4.90 Å². The van der Waals surface area contributed by atoms with E-state index in [1.807, 2.05) is 54.3 Å². The Morgan fingerprint density at radius 2 is 1.70 bits per heavy atom. The molecule has 0 bridgehead atoms. The molecular formula is C26H34ClN3O3. The van der Waals surface area contributed by atoms with Crippen molar-refractivity contribution in [3.63, 3.8) is 0 Å². The number of carbonyl (C=O) groups is 2. The number of hydrogen-bond acceptors (Lipinski definition) is 4. The van der Waals surface area contributed by atoms with Gasteiger partial charge >= 0.3 is 0 Å². The first-order chi connectivity index (χ1) is 15.4. The van der Waals surface area contributed by atoms with Crippen LogP contribution in [-0.2, 0) is 16.0 Å². The molecule has 0 aromatic heterocycles. The Morgan fingerprint density at radius 3 is 2.30 bits per heavy atom. The van der Waals surface area contributed by atoms with Crippen LogP contribution in [0.25, 0.3) is 0 Å². The number of hydrogen-bond donors (Lipinski definition) is 0. The van der Waals surface area contributed by atoms with E-state index in [4.69, 9.17) is 4.74 Å². The average molecular weight is 472 g/mol. The summed E-state index contributed by atoms with van der Waals surface area (Å²) in [6.45, 7) is 5.39. The molecule has 7 heteroatoms. The maximum atomic E-state index is 12.7. The minimum absolute atomic E-state index is 0. The van der Waals surface area contributed by atoms with E-state index in [0.29, 0.717) is 6.54 Å². The van der Waals surface area contributed by atoms with Gasteiger partial charge in [-0.15, -0.1) is 12.4 Å². The van der Waals surface area contributed by atoms with Gasteiger partial charge in [-0.3, -0.25) is 9.59 Å². The summed E-state index contributed by atoms with van der Waals surface area (Å²) in [5.41, 5.74) is 2.64. The predicted molar refractivity (Wildman–Crippen MR) is 133 cm³/mol. The van der Waals surface area contributed by atoms with E-state index < -0.39 is 6.10 Å². The quantitative estimate of drug-likeness (QED) is 0.668. The molecule has 2 aromatic carbocycles. The number of likely N-dealkylation sites (tertiary alicyclic amines) is 1. The fraction of sp³-hybridized carbons (Fsp3) is 0.462. The summed E-state index contributed by atoms with van der Waals surface area (Å²) in [6.07, 6.45) is 2.38. The molecule has 2 fully saturated rings. The van der Waals surface area contributed by atoms with Crippen molar-refractivity contribution in [2.45, 2.75) is 37.9 Å². The Bertz CT molecular complexity index is 941. The number of amides is 2. The van der Waals surface area contributed by atoms with Gasteiger partial charge in [-0.1, -0.05) is 30.3 Å². The number of benzene rings is 2. The lowest BCUT2D eigenvalue weighted by Crippen LogP contribution is -2.61. The molecule has 2 aromatic rings. The largest absolute Gasteiger partial charge is 0.360 e. The summed E-state index contributed by atoms with van der Waals surface area (Å²) in [6, 6.07) is 17.8. The number of ether oxygens (including phenoxy) is 1. The first-order valence-corrected chi connectivity index (χ1v) is 11.4. The molecule has 2 aliphatic rings. The van der Waals surface area contributed by atoms with E-state index in [0.717, 1.165) is 50.1 Å². The molecule has 2 saturated heterocycles. The normalized spacial score (nSPS) is 20.4. The van der Waals surface area contributed by atoms with Crippen LogP contribution in [0.1, 0.15) is 35.7 Å². The van der Waals surface area contributed by atoms with Gasteiger partial charge in [0.25, 0.3) is 11.8 Å². The van der Waals surface area contributed by atoms with E-state index in [9.17, 15) is 9.59 Å². The third-order valence-corrected chi connectivity index (χ3v) is 6.65.